The van der Waals surface area contributed by atoms with Crippen molar-refractivity contribution in [3.8, 4) is 5.75 Å². The van der Waals surface area contributed by atoms with Crippen LogP contribution in [0.4, 0.5) is 5.69 Å². The van der Waals surface area contributed by atoms with Crippen LogP contribution >= 0.6 is 23.2 Å². The van der Waals surface area contributed by atoms with Crippen LogP contribution in [0.5, 0.6) is 5.75 Å². The number of unbranched alkanes of at least 4 members (excludes halogenated alkanes) is 2. The number of hydrogen-bond donors (Lipinski definition) is 2. The number of nitrogens with two attached hydrogens (primary N) is 1. The molecule has 0 atom stereocenters. The number of nitro benzene ring substituents is 1. The van der Waals surface area contributed by atoms with E-state index in [1.54, 1.807) is 0 Å². The van der Waals surface area contributed by atoms with Gasteiger partial charge in [-0.05, 0) is 19.3 Å². The molecule has 0 saturated carbocycles. The Hall–Kier alpha value is -1.57. The van der Waals surface area contributed by atoms with Gasteiger partial charge < -0.3 is 4.74 Å². The molecule has 7 nitrogen and oxygen atoms in total. The van der Waals surface area contributed by atoms with E-state index in [4.69, 9.17) is 33.8 Å². The van der Waals surface area contributed by atoms with Gasteiger partial charge in [0, 0.05) is 18.6 Å². The van der Waals surface area contributed by atoms with E-state index in [9.17, 15) is 14.9 Å². The summed E-state index contributed by atoms with van der Waals surface area (Å²) in [6.07, 6.45) is 2.51. The van der Waals surface area contributed by atoms with Crippen LogP contribution in [0.15, 0.2) is 12.1 Å². The van der Waals surface area contributed by atoms with E-state index in [2.05, 4.69) is 5.43 Å². The lowest BCUT2D eigenvalue weighted by molar-refractivity contribution is -0.384. The van der Waals surface area contributed by atoms with Crippen LogP contribution in [-0.2, 0) is 4.79 Å². The molecule has 21 heavy (non-hydrogen) atoms. The molecular weight excluding hydrogens is 321 g/mol. The van der Waals surface area contributed by atoms with E-state index in [0.29, 0.717) is 25.9 Å². The highest BCUT2D eigenvalue weighted by Crippen LogP contribution is 2.36. The van der Waals surface area contributed by atoms with E-state index in [0.717, 1.165) is 6.42 Å². The van der Waals surface area contributed by atoms with Crippen molar-refractivity contribution in [3.05, 3.63) is 32.3 Å². The quantitative estimate of drug-likeness (QED) is 0.249. The van der Waals surface area contributed by atoms with Crippen molar-refractivity contribution >= 4 is 34.8 Å². The number of rotatable bonds is 8. The summed E-state index contributed by atoms with van der Waals surface area (Å²) in [7, 11) is 0. The van der Waals surface area contributed by atoms with E-state index >= 15 is 0 Å². The minimum atomic E-state index is -0.579. The summed E-state index contributed by atoms with van der Waals surface area (Å²) in [5, 5.41) is 10.8. The van der Waals surface area contributed by atoms with Crippen molar-refractivity contribution in [2.24, 2.45) is 5.84 Å². The van der Waals surface area contributed by atoms with Gasteiger partial charge in [-0.2, -0.15) is 0 Å². The van der Waals surface area contributed by atoms with Crippen LogP contribution in [-0.4, -0.2) is 17.4 Å². The standard InChI is InChI=1S/C12H15Cl2N3O4/c13-9-6-8(17(19)20)7-10(14)12(9)21-5-3-1-2-4-11(18)16-15/h6-7H,1-5,15H2,(H,16,18). The number of ether oxygens (including phenoxy) is 1. The molecule has 0 unspecified atom stereocenters. The molecular formula is C12H15Cl2N3O4. The molecule has 0 saturated heterocycles. The van der Waals surface area contributed by atoms with Gasteiger partial charge in [-0.25, -0.2) is 5.84 Å². The third kappa shape index (κ3) is 5.74. The van der Waals surface area contributed by atoms with Crippen LogP contribution < -0.4 is 16.0 Å². The third-order valence-electron chi connectivity index (χ3n) is 2.65. The highest BCUT2D eigenvalue weighted by atomic mass is 35.5. The average Bonchev–Trinajstić information content (AvgIpc) is 2.44. The fraction of sp³-hybridized carbons (Fsp3) is 0.417. The monoisotopic (exact) mass is 335 g/mol. The molecule has 1 rings (SSSR count). The highest BCUT2D eigenvalue weighted by Gasteiger charge is 2.15. The summed E-state index contributed by atoms with van der Waals surface area (Å²) in [6.45, 7) is 0.349. The molecule has 0 aliphatic rings. The topological polar surface area (TPSA) is 107 Å². The Kier molecular flexibility index (Phi) is 7.21. The number of nitrogens with one attached hydrogen (secondary N) is 1. The molecule has 0 fully saturated rings. The Balaban J connectivity index is 2.42. The number of carbonyl (C=O) groups is 1. The normalized spacial score (nSPS) is 10.2. The Bertz CT molecular complexity index is 502. The first kappa shape index (κ1) is 17.5. The molecule has 1 amide bonds. The molecule has 0 radical (unpaired) electrons. The third-order valence-corrected chi connectivity index (χ3v) is 3.21. The maximum Gasteiger partial charge on any atom is 0.272 e. The average molecular weight is 336 g/mol. The van der Waals surface area contributed by atoms with Gasteiger partial charge in [0.25, 0.3) is 5.69 Å². The minimum Gasteiger partial charge on any atom is -0.490 e. The lowest BCUT2D eigenvalue weighted by Crippen LogP contribution is -2.29. The second-order valence-electron chi connectivity index (χ2n) is 4.22. The van der Waals surface area contributed by atoms with Crippen molar-refractivity contribution < 1.29 is 14.5 Å². The van der Waals surface area contributed by atoms with E-state index in [1.807, 2.05) is 0 Å². The number of amides is 1. The molecule has 0 aliphatic heterocycles. The van der Waals surface area contributed by atoms with Crippen molar-refractivity contribution in [3.63, 3.8) is 0 Å². The first-order chi connectivity index (χ1) is 9.95. The number of halogens is 2. The molecule has 3 N–H and O–H groups in total. The Morgan fingerprint density at radius 2 is 1.90 bits per heavy atom. The van der Waals surface area contributed by atoms with Gasteiger partial charge in [0.15, 0.2) is 5.75 Å². The Morgan fingerprint density at radius 1 is 1.29 bits per heavy atom. The number of benzene rings is 1. The predicted octanol–water partition coefficient (Wildman–Crippen LogP) is 2.83. The number of nitro groups is 1. The van der Waals surface area contributed by atoms with Gasteiger partial charge in [-0.1, -0.05) is 23.2 Å². The molecule has 0 aliphatic carbocycles. The van der Waals surface area contributed by atoms with E-state index < -0.39 is 4.92 Å². The summed E-state index contributed by atoms with van der Waals surface area (Å²) in [5.74, 6) is 4.97. The molecule has 0 heterocycles. The zero-order valence-corrected chi connectivity index (χ0v) is 12.6. The Morgan fingerprint density at radius 3 is 2.43 bits per heavy atom. The van der Waals surface area contributed by atoms with E-state index in [-0.39, 0.29) is 27.4 Å². The second kappa shape index (κ2) is 8.66. The first-order valence-corrected chi connectivity index (χ1v) is 6.97. The maximum atomic E-state index is 10.9. The van der Waals surface area contributed by atoms with Crippen molar-refractivity contribution in [2.45, 2.75) is 25.7 Å². The summed E-state index contributed by atoms with van der Waals surface area (Å²) in [4.78, 5) is 20.9. The fourth-order valence-electron chi connectivity index (χ4n) is 1.60. The van der Waals surface area contributed by atoms with Crippen molar-refractivity contribution in [1.82, 2.24) is 5.43 Å². The number of hydrazine groups is 1. The van der Waals surface area contributed by atoms with Crippen molar-refractivity contribution in [2.75, 3.05) is 6.61 Å². The zero-order chi connectivity index (χ0) is 15.8. The lowest BCUT2D eigenvalue weighted by atomic mass is 10.2. The molecule has 0 bridgehead atoms. The number of non-ortho nitro benzene ring substituents is 1. The molecule has 1 aromatic rings. The SMILES string of the molecule is NNC(=O)CCCCCOc1c(Cl)cc([N+](=O)[O-])cc1Cl. The minimum absolute atomic E-state index is 0.0942. The van der Waals surface area contributed by atoms with Crippen LogP contribution in [0.25, 0.3) is 0 Å². The lowest BCUT2D eigenvalue weighted by Gasteiger charge is -2.09. The first-order valence-electron chi connectivity index (χ1n) is 6.21. The number of nitrogens with zero attached hydrogens (tertiary/aromatic N) is 1. The van der Waals surface area contributed by atoms with Gasteiger partial charge >= 0.3 is 0 Å². The molecule has 0 aromatic heterocycles. The van der Waals surface area contributed by atoms with Gasteiger partial charge in [0.05, 0.1) is 21.6 Å². The zero-order valence-electron chi connectivity index (χ0n) is 11.1. The van der Waals surface area contributed by atoms with Gasteiger partial charge in [0.1, 0.15) is 0 Å². The summed E-state index contributed by atoms with van der Waals surface area (Å²) in [5.41, 5.74) is 1.86. The molecule has 0 spiro atoms. The smallest absolute Gasteiger partial charge is 0.272 e. The predicted molar refractivity (Wildman–Crippen MR) is 79.4 cm³/mol. The maximum absolute atomic E-state index is 10.9. The second-order valence-corrected chi connectivity index (χ2v) is 5.04. The van der Waals surface area contributed by atoms with Crippen molar-refractivity contribution in [1.29, 1.82) is 0 Å². The summed E-state index contributed by atoms with van der Waals surface area (Å²) < 4.78 is 5.42. The van der Waals surface area contributed by atoms with Crippen LogP contribution in [0.3, 0.4) is 0 Å². The van der Waals surface area contributed by atoms with Crippen LogP contribution in [0.1, 0.15) is 25.7 Å². The van der Waals surface area contributed by atoms with Crippen LogP contribution in [0, 0.1) is 10.1 Å². The molecule has 116 valence electrons. The highest BCUT2D eigenvalue weighted by molar-refractivity contribution is 6.37. The van der Waals surface area contributed by atoms with Gasteiger partial charge in [-0.3, -0.25) is 20.3 Å². The summed E-state index contributed by atoms with van der Waals surface area (Å²) >= 11 is 11.8. The van der Waals surface area contributed by atoms with Gasteiger partial charge in [0.2, 0.25) is 5.91 Å². The number of carbonyl (C=O) groups excluding carboxylic acids is 1. The Labute approximate surface area is 131 Å². The number of hydrogen-bond acceptors (Lipinski definition) is 5. The van der Waals surface area contributed by atoms with Crippen LogP contribution in [0.2, 0.25) is 10.0 Å². The molecule has 1 aromatic carbocycles. The molecule has 9 heteroatoms. The van der Waals surface area contributed by atoms with Gasteiger partial charge in [-0.15, -0.1) is 0 Å². The fourth-order valence-corrected chi connectivity index (χ4v) is 2.19. The van der Waals surface area contributed by atoms with E-state index in [1.165, 1.54) is 12.1 Å². The summed E-state index contributed by atoms with van der Waals surface area (Å²) in [6, 6.07) is 2.38. The largest absolute Gasteiger partial charge is 0.490 e.